The molecule has 0 saturated carbocycles. The van der Waals surface area contributed by atoms with Crippen molar-refractivity contribution in [2.24, 2.45) is 0 Å². The number of amides is 1. The van der Waals surface area contributed by atoms with Crippen LogP contribution in [0.2, 0.25) is 0 Å². The number of ether oxygens (including phenoxy) is 2. The molecule has 0 fully saturated rings. The average molecular weight is 266 g/mol. The Morgan fingerprint density at radius 1 is 1.26 bits per heavy atom. The Labute approximate surface area is 114 Å². The molecule has 0 radical (unpaired) electrons. The van der Waals surface area contributed by atoms with Gasteiger partial charge in [-0.05, 0) is 13.0 Å². The summed E-state index contributed by atoms with van der Waals surface area (Å²) in [7, 11) is 3.26. The minimum absolute atomic E-state index is 0.0664. The molecule has 0 spiro atoms. The van der Waals surface area contributed by atoms with Crippen molar-refractivity contribution in [2.45, 2.75) is 19.9 Å². The molecule has 0 aliphatic carbocycles. The number of hydrogen-bond donors (Lipinski definition) is 2. The predicted octanol–water partition coefficient (Wildman–Crippen LogP) is 1.32. The number of benzene rings is 1. The molecule has 0 heterocycles. The summed E-state index contributed by atoms with van der Waals surface area (Å²) in [5, 5.41) is 5.98. The second-order valence-electron chi connectivity index (χ2n) is 4.06. The van der Waals surface area contributed by atoms with E-state index in [1.165, 1.54) is 0 Å². The maximum Gasteiger partial charge on any atom is 0.221 e. The molecule has 106 valence electrons. The van der Waals surface area contributed by atoms with E-state index in [0.29, 0.717) is 26.1 Å². The van der Waals surface area contributed by atoms with Crippen LogP contribution >= 0.6 is 0 Å². The van der Waals surface area contributed by atoms with E-state index in [2.05, 4.69) is 10.6 Å². The fraction of sp³-hybridized carbons (Fsp3) is 0.500. The Hall–Kier alpha value is -1.75. The van der Waals surface area contributed by atoms with Crippen molar-refractivity contribution in [1.82, 2.24) is 10.6 Å². The molecule has 1 rings (SSSR count). The Balaban J connectivity index is 2.42. The third-order valence-corrected chi connectivity index (χ3v) is 2.71. The van der Waals surface area contributed by atoms with E-state index in [1.807, 2.05) is 25.1 Å². The van der Waals surface area contributed by atoms with E-state index >= 15 is 0 Å². The molecule has 1 aromatic carbocycles. The van der Waals surface area contributed by atoms with Gasteiger partial charge < -0.3 is 20.1 Å². The zero-order valence-corrected chi connectivity index (χ0v) is 11.8. The highest BCUT2D eigenvalue weighted by molar-refractivity contribution is 5.75. The predicted molar refractivity (Wildman–Crippen MR) is 74.6 cm³/mol. The quantitative estimate of drug-likeness (QED) is 0.697. The molecule has 0 aromatic heterocycles. The van der Waals surface area contributed by atoms with Gasteiger partial charge in [0.15, 0.2) is 0 Å². The summed E-state index contributed by atoms with van der Waals surface area (Å²) in [5.74, 6) is 1.62. The molecule has 2 N–H and O–H groups in total. The third-order valence-electron chi connectivity index (χ3n) is 2.71. The monoisotopic (exact) mass is 266 g/mol. The summed E-state index contributed by atoms with van der Waals surface area (Å²) in [4.78, 5) is 11.3. The molecule has 0 aliphatic rings. The van der Waals surface area contributed by atoms with Crippen molar-refractivity contribution >= 4 is 5.91 Å². The van der Waals surface area contributed by atoms with Crippen molar-refractivity contribution in [3.63, 3.8) is 0 Å². The lowest BCUT2D eigenvalue weighted by Gasteiger charge is -2.11. The van der Waals surface area contributed by atoms with E-state index in [4.69, 9.17) is 9.47 Å². The first-order chi connectivity index (χ1) is 9.21. The molecule has 5 nitrogen and oxygen atoms in total. The van der Waals surface area contributed by atoms with Crippen molar-refractivity contribution in [3.05, 3.63) is 23.8 Å². The van der Waals surface area contributed by atoms with Crippen LogP contribution in [0.15, 0.2) is 18.2 Å². The van der Waals surface area contributed by atoms with Crippen LogP contribution < -0.4 is 20.1 Å². The lowest BCUT2D eigenvalue weighted by Crippen LogP contribution is -2.27. The molecular formula is C14H22N2O3. The first-order valence-electron chi connectivity index (χ1n) is 6.39. The number of carbonyl (C=O) groups excluding carboxylic acids is 1. The molecule has 1 aromatic rings. The summed E-state index contributed by atoms with van der Waals surface area (Å²) >= 11 is 0. The topological polar surface area (TPSA) is 59.6 Å². The van der Waals surface area contributed by atoms with Crippen molar-refractivity contribution in [3.8, 4) is 11.5 Å². The fourth-order valence-electron chi connectivity index (χ4n) is 1.71. The molecule has 0 aliphatic heterocycles. The minimum atomic E-state index is 0.0664. The average Bonchev–Trinajstić information content (AvgIpc) is 2.44. The molecular weight excluding hydrogens is 244 g/mol. The molecule has 0 unspecified atom stereocenters. The third kappa shape index (κ3) is 5.18. The fourth-order valence-corrected chi connectivity index (χ4v) is 1.71. The standard InChI is InChI=1S/C14H22N2O3/c1-4-16-14(17)7-8-15-10-11-5-6-12(18-2)9-13(11)19-3/h5-6,9,15H,4,7-8,10H2,1-3H3,(H,16,17). The summed E-state index contributed by atoms with van der Waals surface area (Å²) in [6.07, 6.45) is 0.478. The van der Waals surface area contributed by atoms with E-state index in [9.17, 15) is 4.79 Å². The van der Waals surface area contributed by atoms with Crippen LogP contribution in [0, 0.1) is 0 Å². The maximum absolute atomic E-state index is 11.3. The zero-order valence-electron chi connectivity index (χ0n) is 11.8. The van der Waals surface area contributed by atoms with Crippen LogP contribution in [-0.4, -0.2) is 33.2 Å². The highest BCUT2D eigenvalue weighted by atomic mass is 16.5. The van der Waals surface area contributed by atoms with Crippen molar-refractivity contribution in [2.75, 3.05) is 27.3 Å². The highest BCUT2D eigenvalue weighted by Crippen LogP contribution is 2.24. The zero-order chi connectivity index (χ0) is 14.1. The number of methoxy groups -OCH3 is 2. The first kappa shape index (κ1) is 15.3. The van der Waals surface area contributed by atoms with Gasteiger partial charge in [-0.25, -0.2) is 0 Å². The SMILES string of the molecule is CCNC(=O)CCNCc1ccc(OC)cc1OC. The van der Waals surface area contributed by atoms with Gasteiger partial charge in [-0.3, -0.25) is 4.79 Å². The van der Waals surface area contributed by atoms with Crippen LogP contribution in [0.5, 0.6) is 11.5 Å². The summed E-state index contributed by atoms with van der Waals surface area (Å²) in [6, 6.07) is 5.70. The number of hydrogen-bond acceptors (Lipinski definition) is 4. The van der Waals surface area contributed by atoms with E-state index in [-0.39, 0.29) is 5.91 Å². The van der Waals surface area contributed by atoms with E-state index < -0.39 is 0 Å². The normalized spacial score (nSPS) is 10.1. The van der Waals surface area contributed by atoms with Crippen LogP contribution in [0.25, 0.3) is 0 Å². The Morgan fingerprint density at radius 2 is 2.05 bits per heavy atom. The van der Waals surface area contributed by atoms with Crippen molar-refractivity contribution in [1.29, 1.82) is 0 Å². The summed E-state index contributed by atoms with van der Waals surface area (Å²) < 4.78 is 10.4. The van der Waals surface area contributed by atoms with Crippen molar-refractivity contribution < 1.29 is 14.3 Å². The summed E-state index contributed by atoms with van der Waals surface area (Å²) in [6.45, 7) is 3.88. The molecule has 0 saturated heterocycles. The molecule has 0 atom stereocenters. The maximum atomic E-state index is 11.3. The van der Waals surface area contributed by atoms with E-state index in [0.717, 1.165) is 17.1 Å². The second kappa shape index (κ2) is 8.37. The van der Waals surface area contributed by atoms with Crippen LogP contribution in [0.3, 0.4) is 0 Å². The molecule has 19 heavy (non-hydrogen) atoms. The van der Waals surface area contributed by atoms with Gasteiger partial charge in [-0.1, -0.05) is 6.07 Å². The highest BCUT2D eigenvalue weighted by Gasteiger charge is 2.05. The van der Waals surface area contributed by atoms with Gasteiger partial charge in [-0.2, -0.15) is 0 Å². The van der Waals surface area contributed by atoms with Gasteiger partial charge >= 0.3 is 0 Å². The Kier molecular flexibility index (Phi) is 6.74. The second-order valence-corrected chi connectivity index (χ2v) is 4.06. The van der Waals surface area contributed by atoms with Gasteiger partial charge in [0, 0.05) is 37.7 Å². The van der Waals surface area contributed by atoms with Crippen LogP contribution in [-0.2, 0) is 11.3 Å². The van der Waals surface area contributed by atoms with Gasteiger partial charge in [-0.15, -0.1) is 0 Å². The minimum Gasteiger partial charge on any atom is -0.497 e. The Bertz CT molecular complexity index is 408. The van der Waals surface area contributed by atoms with Gasteiger partial charge in [0.1, 0.15) is 11.5 Å². The molecule has 1 amide bonds. The smallest absolute Gasteiger partial charge is 0.221 e. The van der Waals surface area contributed by atoms with Gasteiger partial charge in [0.05, 0.1) is 14.2 Å². The molecule has 0 bridgehead atoms. The van der Waals surface area contributed by atoms with E-state index in [1.54, 1.807) is 14.2 Å². The largest absolute Gasteiger partial charge is 0.497 e. The lowest BCUT2D eigenvalue weighted by molar-refractivity contribution is -0.120. The van der Waals surface area contributed by atoms with Gasteiger partial charge in [0.2, 0.25) is 5.91 Å². The summed E-state index contributed by atoms with van der Waals surface area (Å²) in [5.41, 5.74) is 1.04. The van der Waals surface area contributed by atoms with Gasteiger partial charge in [0.25, 0.3) is 0 Å². The molecule has 5 heteroatoms. The Morgan fingerprint density at radius 3 is 2.68 bits per heavy atom. The lowest BCUT2D eigenvalue weighted by atomic mass is 10.2. The number of nitrogens with one attached hydrogen (secondary N) is 2. The van der Waals surface area contributed by atoms with Crippen LogP contribution in [0.1, 0.15) is 18.9 Å². The number of carbonyl (C=O) groups is 1. The van der Waals surface area contributed by atoms with Crippen LogP contribution in [0.4, 0.5) is 0 Å². The number of rotatable bonds is 8. The first-order valence-corrected chi connectivity index (χ1v) is 6.39.